The molecule has 0 aliphatic rings. The van der Waals surface area contributed by atoms with Crippen LogP contribution in [0, 0.1) is 10.1 Å². The van der Waals surface area contributed by atoms with Crippen molar-refractivity contribution in [1.29, 1.82) is 0 Å². The standard InChI is InChI=1S/C12H9N5O2/c13-12-11(15-10-7-14-5-6-16(10)12)8-1-3-9(4-2-8)17(18)19/h1-7H,13H2. The van der Waals surface area contributed by atoms with E-state index in [1.165, 1.54) is 12.1 Å². The molecule has 7 nitrogen and oxygen atoms in total. The molecule has 94 valence electrons. The van der Waals surface area contributed by atoms with Gasteiger partial charge < -0.3 is 5.73 Å². The van der Waals surface area contributed by atoms with Crippen LogP contribution in [0.5, 0.6) is 0 Å². The third-order valence-electron chi connectivity index (χ3n) is 2.82. The molecule has 0 saturated heterocycles. The van der Waals surface area contributed by atoms with Gasteiger partial charge in [0.05, 0.1) is 11.1 Å². The third-order valence-corrected chi connectivity index (χ3v) is 2.82. The number of benzene rings is 1. The Kier molecular flexibility index (Phi) is 2.38. The van der Waals surface area contributed by atoms with E-state index in [0.717, 1.165) is 5.56 Å². The van der Waals surface area contributed by atoms with E-state index in [0.29, 0.717) is 17.2 Å². The van der Waals surface area contributed by atoms with Crippen LogP contribution in [0.4, 0.5) is 11.5 Å². The number of imidazole rings is 1. The number of hydrogen-bond acceptors (Lipinski definition) is 5. The Labute approximate surface area is 107 Å². The van der Waals surface area contributed by atoms with Gasteiger partial charge in [0.1, 0.15) is 11.5 Å². The molecular formula is C12H9N5O2. The van der Waals surface area contributed by atoms with E-state index < -0.39 is 4.92 Å². The first kappa shape index (κ1) is 11.1. The van der Waals surface area contributed by atoms with Gasteiger partial charge in [0.25, 0.3) is 5.69 Å². The number of aromatic nitrogens is 3. The second-order valence-electron chi connectivity index (χ2n) is 3.95. The number of nitro groups is 1. The van der Waals surface area contributed by atoms with Crippen LogP contribution >= 0.6 is 0 Å². The zero-order chi connectivity index (χ0) is 13.4. The van der Waals surface area contributed by atoms with Crippen molar-refractivity contribution in [3.8, 4) is 11.3 Å². The fourth-order valence-electron chi connectivity index (χ4n) is 1.88. The van der Waals surface area contributed by atoms with E-state index in [-0.39, 0.29) is 5.69 Å². The van der Waals surface area contributed by atoms with Crippen molar-refractivity contribution in [3.05, 3.63) is 53.0 Å². The lowest BCUT2D eigenvalue weighted by Crippen LogP contribution is -1.94. The predicted molar refractivity (Wildman–Crippen MR) is 69.5 cm³/mol. The molecule has 0 spiro atoms. The maximum atomic E-state index is 10.6. The monoisotopic (exact) mass is 255 g/mol. The zero-order valence-electron chi connectivity index (χ0n) is 9.72. The van der Waals surface area contributed by atoms with Crippen LogP contribution in [0.2, 0.25) is 0 Å². The Hall–Kier alpha value is -2.96. The Morgan fingerprint density at radius 1 is 1.26 bits per heavy atom. The van der Waals surface area contributed by atoms with Crippen LogP contribution in [0.15, 0.2) is 42.9 Å². The van der Waals surface area contributed by atoms with Gasteiger partial charge in [-0.1, -0.05) is 0 Å². The summed E-state index contributed by atoms with van der Waals surface area (Å²) >= 11 is 0. The molecule has 0 saturated carbocycles. The summed E-state index contributed by atoms with van der Waals surface area (Å²) < 4.78 is 1.71. The minimum atomic E-state index is -0.444. The van der Waals surface area contributed by atoms with Gasteiger partial charge in [-0.15, -0.1) is 0 Å². The van der Waals surface area contributed by atoms with E-state index in [2.05, 4.69) is 9.97 Å². The lowest BCUT2D eigenvalue weighted by Gasteiger charge is -1.99. The third kappa shape index (κ3) is 1.77. The zero-order valence-corrected chi connectivity index (χ0v) is 9.72. The number of non-ortho nitro benzene ring substituents is 1. The van der Waals surface area contributed by atoms with Gasteiger partial charge in [-0.2, -0.15) is 0 Å². The molecule has 1 aromatic carbocycles. The predicted octanol–water partition coefficient (Wildman–Crippen LogP) is 1.89. The van der Waals surface area contributed by atoms with Crippen molar-refractivity contribution >= 4 is 17.2 Å². The molecular weight excluding hydrogens is 246 g/mol. The second kappa shape index (κ2) is 4.05. The molecule has 0 amide bonds. The van der Waals surface area contributed by atoms with Crippen LogP contribution in [0.1, 0.15) is 0 Å². The molecule has 2 N–H and O–H groups in total. The summed E-state index contributed by atoms with van der Waals surface area (Å²) in [7, 11) is 0. The maximum absolute atomic E-state index is 10.6. The first-order valence-electron chi connectivity index (χ1n) is 5.49. The van der Waals surface area contributed by atoms with Crippen LogP contribution in [-0.2, 0) is 0 Å². The smallest absolute Gasteiger partial charge is 0.269 e. The molecule has 19 heavy (non-hydrogen) atoms. The van der Waals surface area contributed by atoms with Crippen LogP contribution in [-0.4, -0.2) is 19.3 Å². The van der Waals surface area contributed by atoms with Crippen LogP contribution in [0.3, 0.4) is 0 Å². The van der Waals surface area contributed by atoms with Crippen molar-refractivity contribution < 1.29 is 4.92 Å². The first-order chi connectivity index (χ1) is 9.16. The lowest BCUT2D eigenvalue weighted by atomic mass is 10.1. The molecule has 0 atom stereocenters. The molecule has 3 rings (SSSR count). The Morgan fingerprint density at radius 2 is 2.00 bits per heavy atom. The Balaban J connectivity index is 2.13. The van der Waals surface area contributed by atoms with Crippen molar-refractivity contribution in [2.24, 2.45) is 0 Å². The fraction of sp³-hybridized carbons (Fsp3) is 0. The summed E-state index contributed by atoms with van der Waals surface area (Å²) in [6, 6.07) is 6.11. The summed E-state index contributed by atoms with van der Waals surface area (Å²) in [6.45, 7) is 0. The molecule has 0 aliphatic carbocycles. The summed E-state index contributed by atoms with van der Waals surface area (Å²) in [4.78, 5) is 18.5. The average Bonchev–Trinajstić information content (AvgIpc) is 2.77. The highest BCUT2D eigenvalue weighted by molar-refractivity contribution is 5.75. The van der Waals surface area contributed by atoms with Gasteiger partial charge in [0.2, 0.25) is 0 Å². The van der Waals surface area contributed by atoms with Gasteiger partial charge in [-0.3, -0.25) is 19.5 Å². The second-order valence-corrected chi connectivity index (χ2v) is 3.95. The molecule has 0 unspecified atom stereocenters. The molecule has 0 aliphatic heterocycles. The number of nitrogens with two attached hydrogens (primary N) is 1. The summed E-state index contributed by atoms with van der Waals surface area (Å²) in [5.41, 5.74) is 7.99. The molecule has 3 aromatic rings. The van der Waals surface area contributed by atoms with Crippen molar-refractivity contribution in [2.75, 3.05) is 5.73 Å². The average molecular weight is 255 g/mol. The normalized spacial score (nSPS) is 10.7. The van der Waals surface area contributed by atoms with Gasteiger partial charge >= 0.3 is 0 Å². The van der Waals surface area contributed by atoms with Gasteiger partial charge in [0.15, 0.2) is 5.65 Å². The first-order valence-corrected chi connectivity index (χ1v) is 5.49. The number of hydrogen-bond donors (Lipinski definition) is 1. The van der Waals surface area contributed by atoms with Gasteiger partial charge in [0, 0.05) is 30.1 Å². The number of fused-ring (bicyclic) bond motifs is 1. The van der Waals surface area contributed by atoms with Gasteiger partial charge in [-0.05, 0) is 12.1 Å². The van der Waals surface area contributed by atoms with Crippen molar-refractivity contribution in [1.82, 2.24) is 14.4 Å². The van der Waals surface area contributed by atoms with E-state index in [1.54, 1.807) is 35.1 Å². The molecule has 0 fully saturated rings. The van der Waals surface area contributed by atoms with E-state index in [4.69, 9.17) is 5.73 Å². The van der Waals surface area contributed by atoms with E-state index in [1.807, 2.05) is 0 Å². The summed E-state index contributed by atoms with van der Waals surface area (Å²) in [5.74, 6) is 0.478. The van der Waals surface area contributed by atoms with Crippen molar-refractivity contribution in [3.63, 3.8) is 0 Å². The molecule has 7 heteroatoms. The number of nitro benzene ring substituents is 1. The quantitative estimate of drug-likeness (QED) is 0.556. The number of rotatable bonds is 2. The maximum Gasteiger partial charge on any atom is 0.269 e. The number of nitrogens with zero attached hydrogens (tertiary/aromatic N) is 4. The van der Waals surface area contributed by atoms with Crippen LogP contribution in [0.25, 0.3) is 16.9 Å². The van der Waals surface area contributed by atoms with E-state index in [9.17, 15) is 10.1 Å². The summed E-state index contributed by atoms with van der Waals surface area (Å²) in [5, 5.41) is 10.6. The SMILES string of the molecule is Nc1c(-c2ccc([N+](=O)[O-])cc2)nc2cnccn12. The van der Waals surface area contributed by atoms with E-state index >= 15 is 0 Å². The minimum absolute atomic E-state index is 0.0350. The highest BCUT2D eigenvalue weighted by Gasteiger charge is 2.12. The number of anilines is 1. The topological polar surface area (TPSA) is 99.3 Å². The molecule has 0 bridgehead atoms. The molecule has 2 heterocycles. The Bertz CT molecular complexity index is 763. The van der Waals surface area contributed by atoms with Crippen LogP contribution < -0.4 is 5.73 Å². The highest BCUT2D eigenvalue weighted by atomic mass is 16.6. The largest absolute Gasteiger partial charge is 0.383 e. The fourth-order valence-corrected chi connectivity index (χ4v) is 1.88. The number of nitrogen functional groups attached to an aromatic ring is 1. The van der Waals surface area contributed by atoms with Crippen molar-refractivity contribution in [2.45, 2.75) is 0 Å². The lowest BCUT2D eigenvalue weighted by molar-refractivity contribution is -0.384. The molecule has 0 radical (unpaired) electrons. The molecule has 2 aromatic heterocycles. The highest BCUT2D eigenvalue weighted by Crippen LogP contribution is 2.27. The summed E-state index contributed by atoms with van der Waals surface area (Å²) in [6.07, 6.45) is 4.93. The Morgan fingerprint density at radius 3 is 2.63 bits per heavy atom. The van der Waals surface area contributed by atoms with Gasteiger partial charge in [-0.25, -0.2) is 4.98 Å². The minimum Gasteiger partial charge on any atom is -0.383 e.